The molecule has 0 spiro atoms. The van der Waals surface area contributed by atoms with Crippen LogP contribution >= 0.6 is 12.6 Å². The molecule has 1 atom stereocenters. The maximum atomic E-state index is 8.34. The first kappa shape index (κ1) is 11.1. The number of aliphatic hydroxyl groups is 2. The maximum absolute atomic E-state index is 8.34. The minimum atomic E-state index is -0.645. The van der Waals surface area contributed by atoms with Crippen molar-refractivity contribution < 1.29 is 10.2 Å². The zero-order valence-electron chi connectivity index (χ0n) is 4.33. The maximum Gasteiger partial charge on any atom is 0.0858 e. The third-order valence-corrected chi connectivity index (χ3v) is 0.843. The first-order valence-electron chi connectivity index (χ1n) is 1.71. The fraction of sp³-hybridized carbons (Fsp3) is 1.00. The van der Waals surface area contributed by atoms with E-state index in [9.17, 15) is 0 Å². The topological polar surface area (TPSA) is 40.5 Å². The quantitative estimate of drug-likeness (QED) is 0.328. The molecule has 2 N–H and O–H groups in total. The Morgan fingerprint density at radius 3 is 2.00 bits per heavy atom. The van der Waals surface area contributed by atoms with Crippen LogP contribution in [0.25, 0.3) is 0 Å². The number of thiol groups is 1. The molecule has 2 nitrogen and oxygen atoms in total. The molecule has 0 aromatic heterocycles. The van der Waals surface area contributed by atoms with Gasteiger partial charge in [-0.15, -0.1) is 0 Å². The summed E-state index contributed by atoms with van der Waals surface area (Å²) in [5.74, 6) is 0.330. The third-order valence-electron chi connectivity index (χ3n) is 0.421. The van der Waals surface area contributed by atoms with E-state index in [1.54, 1.807) is 0 Å². The van der Waals surface area contributed by atoms with E-state index in [-0.39, 0.29) is 36.2 Å². The fourth-order valence-electron chi connectivity index (χ4n) is 0.0577. The van der Waals surface area contributed by atoms with Gasteiger partial charge in [0.2, 0.25) is 0 Å². The van der Waals surface area contributed by atoms with Gasteiger partial charge >= 0.3 is 0 Å². The summed E-state index contributed by atoms with van der Waals surface area (Å²) in [5, 5.41) is 16.4. The van der Waals surface area contributed by atoms with Gasteiger partial charge in [0.15, 0.2) is 0 Å². The molecule has 0 saturated heterocycles. The van der Waals surface area contributed by atoms with Gasteiger partial charge in [0.25, 0.3) is 0 Å². The Hall–Kier alpha value is 1.27. The predicted octanol–water partition coefficient (Wildman–Crippen LogP) is -1.11. The minimum Gasteiger partial charge on any atom is -0.394 e. The van der Waals surface area contributed by atoms with Gasteiger partial charge in [-0.05, 0) is 0 Å². The molecule has 0 aromatic rings. The molecule has 4 heteroatoms. The van der Waals surface area contributed by atoms with Gasteiger partial charge in [-0.1, -0.05) is 0 Å². The van der Waals surface area contributed by atoms with E-state index in [0.29, 0.717) is 5.75 Å². The van der Waals surface area contributed by atoms with Gasteiger partial charge in [-0.2, -0.15) is 12.6 Å². The van der Waals surface area contributed by atoms with E-state index in [4.69, 9.17) is 10.2 Å². The Morgan fingerprint density at radius 2 is 2.00 bits per heavy atom. The monoisotopic (exact) mass is 131 g/mol. The van der Waals surface area contributed by atoms with Crippen LogP contribution < -0.4 is 0 Å². The Labute approximate surface area is 70.6 Å². The van der Waals surface area contributed by atoms with Gasteiger partial charge in [0.05, 0.1) is 12.7 Å². The normalized spacial score (nSPS) is 12.4. The summed E-state index contributed by atoms with van der Waals surface area (Å²) in [6.07, 6.45) is -0.645. The van der Waals surface area contributed by atoms with Crippen LogP contribution in [0.4, 0.5) is 0 Å². The summed E-state index contributed by atoms with van der Waals surface area (Å²) in [6, 6.07) is 0. The Bertz CT molecular complexity index is 32.1. The number of hydrogen-bond donors (Lipinski definition) is 3. The molecule has 0 aromatic carbocycles. The number of aliphatic hydroxyl groups excluding tert-OH is 2. The van der Waals surface area contributed by atoms with Gasteiger partial charge in [0.1, 0.15) is 0 Å². The van der Waals surface area contributed by atoms with Gasteiger partial charge < -0.3 is 10.2 Å². The molecule has 0 rings (SSSR count). The largest absolute Gasteiger partial charge is 0.394 e. The predicted molar refractivity (Wildman–Crippen MR) is 32.7 cm³/mol. The summed E-state index contributed by atoms with van der Waals surface area (Å²) in [6.45, 7) is -0.191. The van der Waals surface area contributed by atoms with Crippen molar-refractivity contribution >= 4 is 42.2 Å². The summed E-state index contributed by atoms with van der Waals surface area (Å²) in [4.78, 5) is 0. The average molecular weight is 131 g/mol. The molecule has 0 fully saturated rings. The molecular weight excluding hydrogens is 123 g/mol. The number of rotatable bonds is 2. The van der Waals surface area contributed by atoms with Crippen molar-refractivity contribution in [3.05, 3.63) is 0 Å². The molecule has 1 radical (unpaired) electrons. The van der Waals surface area contributed by atoms with Crippen LogP contribution in [0.15, 0.2) is 0 Å². The van der Waals surface area contributed by atoms with E-state index in [1.165, 1.54) is 0 Å². The van der Waals surface area contributed by atoms with E-state index in [2.05, 4.69) is 12.6 Å². The summed E-state index contributed by atoms with van der Waals surface area (Å²) in [7, 11) is 0. The molecule has 1 unspecified atom stereocenters. The molecule has 0 heterocycles. The molecule has 0 aliphatic rings. The molecule has 39 valence electrons. The summed E-state index contributed by atoms with van der Waals surface area (Å²) < 4.78 is 0. The van der Waals surface area contributed by atoms with Gasteiger partial charge in [-0.3, -0.25) is 0 Å². The van der Waals surface area contributed by atoms with E-state index >= 15 is 0 Å². The Balaban J connectivity index is 0. The summed E-state index contributed by atoms with van der Waals surface area (Å²) in [5.41, 5.74) is 0. The van der Waals surface area contributed by atoms with Crippen LogP contribution in [0, 0.1) is 0 Å². The molecule has 0 saturated carbocycles. The van der Waals surface area contributed by atoms with Crippen molar-refractivity contribution in [2.24, 2.45) is 0 Å². The van der Waals surface area contributed by atoms with Crippen molar-refractivity contribution in [1.82, 2.24) is 0 Å². The van der Waals surface area contributed by atoms with Gasteiger partial charge in [-0.25, -0.2) is 0 Å². The molecule has 0 amide bonds. The average Bonchev–Trinajstić information content (AvgIpc) is 1.65. The zero-order chi connectivity index (χ0) is 4.99. The molecule has 0 aliphatic carbocycles. The van der Waals surface area contributed by atoms with Crippen molar-refractivity contribution in [3.8, 4) is 0 Å². The standard InChI is InChI=1S/C3H8O2S.Na/c4-1-3(5)2-6;/h3-6H,1-2H2;. The second kappa shape index (κ2) is 7.27. The number of hydrogen-bond acceptors (Lipinski definition) is 3. The van der Waals surface area contributed by atoms with Crippen LogP contribution in [-0.4, -0.2) is 58.2 Å². The smallest absolute Gasteiger partial charge is 0.0858 e. The van der Waals surface area contributed by atoms with Crippen molar-refractivity contribution in [3.63, 3.8) is 0 Å². The molecule has 7 heavy (non-hydrogen) atoms. The minimum absolute atomic E-state index is 0. The Morgan fingerprint density at radius 1 is 1.57 bits per heavy atom. The van der Waals surface area contributed by atoms with Crippen LogP contribution in [0.3, 0.4) is 0 Å². The van der Waals surface area contributed by atoms with Gasteiger partial charge in [0, 0.05) is 35.3 Å². The third kappa shape index (κ3) is 7.27. The van der Waals surface area contributed by atoms with E-state index in [1.807, 2.05) is 0 Å². The first-order valence-corrected chi connectivity index (χ1v) is 2.34. The molecular formula is C3H8NaO2S. The fourth-order valence-corrected chi connectivity index (χ4v) is 0.173. The van der Waals surface area contributed by atoms with Crippen LogP contribution in [0.5, 0.6) is 0 Å². The van der Waals surface area contributed by atoms with Crippen LogP contribution in [0.2, 0.25) is 0 Å². The second-order valence-electron chi connectivity index (χ2n) is 1.02. The summed E-state index contributed by atoms with van der Waals surface area (Å²) >= 11 is 3.69. The van der Waals surface area contributed by atoms with E-state index in [0.717, 1.165) is 0 Å². The van der Waals surface area contributed by atoms with Crippen molar-refractivity contribution in [1.29, 1.82) is 0 Å². The molecule has 0 bridgehead atoms. The second-order valence-corrected chi connectivity index (χ2v) is 1.38. The van der Waals surface area contributed by atoms with Crippen molar-refractivity contribution in [2.75, 3.05) is 12.4 Å². The first-order chi connectivity index (χ1) is 2.81. The van der Waals surface area contributed by atoms with Crippen LogP contribution in [-0.2, 0) is 0 Å². The van der Waals surface area contributed by atoms with Crippen LogP contribution in [0.1, 0.15) is 0 Å². The van der Waals surface area contributed by atoms with Crippen molar-refractivity contribution in [2.45, 2.75) is 6.10 Å². The van der Waals surface area contributed by atoms with E-state index < -0.39 is 6.10 Å². The molecule has 0 aliphatic heterocycles. The SMILES string of the molecule is OCC(O)CS.[Na]. The Kier molecular flexibility index (Phi) is 11.5. The zero-order valence-corrected chi connectivity index (χ0v) is 7.23.